The third kappa shape index (κ3) is 6.11. The van der Waals surface area contributed by atoms with Gasteiger partial charge in [0.1, 0.15) is 10.8 Å². The fourth-order valence-corrected chi connectivity index (χ4v) is 4.73. The first-order chi connectivity index (χ1) is 15.0. The number of hydrogen-bond donors (Lipinski definition) is 1. The summed E-state index contributed by atoms with van der Waals surface area (Å²) in [6.45, 7) is 10.3. The Bertz CT molecular complexity index is 939. The molecule has 1 aliphatic carbocycles. The van der Waals surface area contributed by atoms with E-state index in [4.69, 9.17) is 4.74 Å². The van der Waals surface area contributed by atoms with Gasteiger partial charge in [-0.25, -0.2) is 4.79 Å². The van der Waals surface area contributed by atoms with Gasteiger partial charge in [-0.15, -0.1) is 0 Å². The summed E-state index contributed by atoms with van der Waals surface area (Å²) in [5.74, 6) is 0.875. The minimum atomic E-state index is -0.206. The predicted octanol–water partition coefficient (Wildman–Crippen LogP) is 3.20. The number of nitrogens with zero attached hydrogens (tertiary/aromatic N) is 3. The molecule has 1 amide bonds. The number of nitrogens with one attached hydrogen (secondary N) is 1. The van der Waals surface area contributed by atoms with Gasteiger partial charge in [0.25, 0.3) is 0 Å². The van der Waals surface area contributed by atoms with Gasteiger partial charge >= 0.3 is 5.69 Å². The first-order valence-electron chi connectivity index (χ1n) is 11.1. The number of fused-ring (bicyclic) bond motifs is 1. The molecule has 0 spiro atoms. The molecule has 0 radical (unpaired) electrons. The topological polar surface area (TPSA) is 76.5 Å². The zero-order valence-corrected chi connectivity index (χ0v) is 19.5. The Kier molecular flexibility index (Phi) is 8.54. The Balaban J connectivity index is 1.64. The van der Waals surface area contributed by atoms with Crippen LogP contribution in [0.4, 0.5) is 5.69 Å². The van der Waals surface area contributed by atoms with Gasteiger partial charge in [-0.1, -0.05) is 25.6 Å². The van der Waals surface area contributed by atoms with Crippen molar-refractivity contribution in [3.63, 3.8) is 0 Å². The summed E-state index contributed by atoms with van der Waals surface area (Å²) in [5.41, 5.74) is 2.75. The molecule has 2 aromatic rings. The summed E-state index contributed by atoms with van der Waals surface area (Å²) < 4.78 is 7.26. The van der Waals surface area contributed by atoms with Crippen LogP contribution in [0.2, 0.25) is 0 Å². The van der Waals surface area contributed by atoms with Crippen molar-refractivity contribution in [2.24, 2.45) is 0 Å². The van der Waals surface area contributed by atoms with Crippen LogP contribution in [0.3, 0.4) is 0 Å². The molecule has 0 unspecified atom stereocenters. The average Bonchev–Trinajstić information content (AvgIpc) is 3.26. The maximum atomic E-state index is 12.7. The molecule has 31 heavy (non-hydrogen) atoms. The highest BCUT2D eigenvalue weighted by atomic mass is 32.2. The van der Waals surface area contributed by atoms with Crippen molar-refractivity contribution in [1.82, 2.24) is 14.5 Å². The van der Waals surface area contributed by atoms with Crippen LogP contribution >= 0.6 is 11.8 Å². The van der Waals surface area contributed by atoms with Crippen molar-refractivity contribution < 1.29 is 9.53 Å². The van der Waals surface area contributed by atoms with Crippen LogP contribution in [0.5, 0.6) is 5.75 Å². The fraction of sp³-hybridized carbons (Fsp3) is 0.522. The van der Waals surface area contributed by atoms with Gasteiger partial charge in [0.15, 0.2) is 0 Å². The smallest absolute Gasteiger partial charge is 0.348 e. The largest absolute Gasteiger partial charge is 0.494 e. The highest BCUT2D eigenvalue weighted by Gasteiger charge is 2.22. The summed E-state index contributed by atoms with van der Waals surface area (Å²) in [6.07, 6.45) is 2.84. The second-order valence-corrected chi connectivity index (χ2v) is 8.42. The van der Waals surface area contributed by atoms with Gasteiger partial charge in [0, 0.05) is 30.0 Å². The van der Waals surface area contributed by atoms with E-state index in [9.17, 15) is 9.59 Å². The van der Waals surface area contributed by atoms with Crippen LogP contribution in [-0.2, 0) is 24.2 Å². The number of hydrogen-bond acceptors (Lipinski definition) is 6. The lowest BCUT2D eigenvalue weighted by Crippen LogP contribution is -2.34. The number of ether oxygens (including phenoxy) is 1. The molecule has 1 heterocycles. The summed E-state index contributed by atoms with van der Waals surface area (Å²) >= 11 is 1.35. The van der Waals surface area contributed by atoms with E-state index in [1.807, 2.05) is 35.8 Å². The fourth-order valence-electron chi connectivity index (χ4n) is 3.85. The van der Waals surface area contributed by atoms with Gasteiger partial charge in [-0.2, -0.15) is 4.98 Å². The molecule has 1 N–H and O–H groups in total. The first-order valence-corrected chi connectivity index (χ1v) is 12.0. The number of amides is 1. The number of anilines is 1. The Hall–Kier alpha value is -2.32. The Morgan fingerprint density at radius 2 is 1.94 bits per heavy atom. The van der Waals surface area contributed by atoms with Crippen LogP contribution in [0.15, 0.2) is 34.1 Å². The molecule has 0 atom stereocenters. The van der Waals surface area contributed by atoms with E-state index in [2.05, 4.69) is 29.0 Å². The predicted molar refractivity (Wildman–Crippen MR) is 125 cm³/mol. The summed E-state index contributed by atoms with van der Waals surface area (Å²) in [5, 5.41) is 3.60. The third-order valence-corrected chi connectivity index (χ3v) is 6.54. The molecule has 3 rings (SSSR count). The molecule has 1 aliphatic rings. The molecular formula is C23H32N4O3S. The molecule has 0 aliphatic heterocycles. The lowest BCUT2D eigenvalue weighted by atomic mass is 10.2. The van der Waals surface area contributed by atoms with E-state index >= 15 is 0 Å². The van der Waals surface area contributed by atoms with E-state index in [1.54, 1.807) is 0 Å². The molecule has 1 aromatic carbocycles. The number of carbonyl (C=O) groups excluding carboxylic acids is 1. The lowest BCUT2D eigenvalue weighted by Gasteiger charge is -2.20. The minimum Gasteiger partial charge on any atom is -0.494 e. The number of benzene rings is 1. The zero-order chi connectivity index (χ0) is 22.2. The maximum Gasteiger partial charge on any atom is 0.348 e. The second kappa shape index (κ2) is 11.3. The number of thioether (sulfide) groups is 1. The first kappa shape index (κ1) is 23.3. The van der Waals surface area contributed by atoms with Crippen molar-refractivity contribution in [2.45, 2.75) is 51.6 Å². The highest BCUT2D eigenvalue weighted by Crippen LogP contribution is 2.29. The van der Waals surface area contributed by atoms with E-state index in [0.717, 1.165) is 61.6 Å². The lowest BCUT2D eigenvalue weighted by molar-refractivity contribution is -0.113. The van der Waals surface area contributed by atoms with Crippen LogP contribution in [0, 0.1) is 0 Å². The van der Waals surface area contributed by atoms with Crippen LogP contribution in [0.1, 0.15) is 38.4 Å². The molecular weight excluding hydrogens is 412 g/mol. The van der Waals surface area contributed by atoms with Crippen LogP contribution in [0.25, 0.3) is 0 Å². The highest BCUT2D eigenvalue weighted by molar-refractivity contribution is 8.00. The van der Waals surface area contributed by atoms with E-state index in [1.165, 1.54) is 11.8 Å². The van der Waals surface area contributed by atoms with Gasteiger partial charge in [0.2, 0.25) is 5.91 Å². The SMILES string of the molecule is CCOc1ccc(NC(=O)CSc2nc(=O)n(CCN(CC)CC)c3c2CCC3)cc1. The summed E-state index contributed by atoms with van der Waals surface area (Å²) in [4.78, 5) is 31.8. The molecule has 0 saturated heterocycles. The Morgan fingerprint density at radius 1 is 1.19 bits per heavy atom. The second-order valence-electron chi connectivity index (χ2n) is 7.45. The molecule has 7 nitrogen and oxygen atoms in total. The molecule has 168 valence electrons. The van der Waals surface area contributed by atoms with Crippen molar-refractivity contribution in [2.75, 3.05) is 37.3 Å². The number of likely N-dealkylation sites (N-methyl/N-ethyl adjacent to an activating group) is 1. The van der Waals surface area contributed by atoms with Crippen molar-refractivity contribution in [3.05, 3.63) is 46.0 Å². The maximum absolute atomic E-state index is 12.7. The molecule has 0 bridgehead atoms. The number of rotatable bonds is 11. The van der Waals surface area contributed by atoms with E-state index in [-0.39, 0.29) is 17.3 Å². The summed E-state index contributed by atoms with van der Waals surface area (Å²) in [7, 11) is 0. The van der Waals surface area contributed by atoms with Gasteiger partial charge in [0.05, 0.1) is 12.4 Å². The molecule has 8 heteroatoms. The molecule has 0 saturated carbocycles. The van der Waals surface area contributed by atoms with Crippen molar-refractivity contribution in [3.8, 4) is 5.75 Å². The summed E-state index contributed by atoms with van der Waals surface area (Å²) in [6, 6.07) is 7.30. The van der Waals surface area contributed by atoms with Crippen LogP contribution in [-0.4, -0.2) is 52.4 Å². The van der Waals surface area contributed by atoms with Gasteiger partial charge < -0.3 is 15.0 Å². The molecule has 0 fully saturated rings. The van der Waals surface area contributed by atoms with Crippen LogP contribution < -0.4 is 15.7 Å². The van der Waals surface area contributed by atoms with Crippen molar-refractivity contribution in [1.29, 1.82) is 0 Å². The monoisotopic (exact) mass is 444 g/mol. The standard InChI is InChI=1S/C23H32N4O3S/c1-4-26(5-2)14-15-27-20-9-7-8-19(20)22(25-23(27)29)31-16-21(28)24-17-10-12-18(13-11-17)30-6-3/h10-13H,4-9,14-16H2,1-3H3,(H,24,28). The Morgan fingerprint density at radius 3 is 2.61 bits per heavy atom. The van der Waals surface area contributed by atoms with E-state index in [0.29, 0.717) is 18.2 Å². The third-order valence-electron chi connectivity index (χ3n) is 5.52. The number of aromatic nitrogens is 2. The van der Waals surface area contributed by atoms with E-state index < -0.39 is 0 Å². The number of carbonyl (C=O) groups is 1. The average molecular weight is 445 g/mol. The minimum absolute atomic E-state index is 0.117. The normalized spacial score (nSPS) is 12.8. The quantitative estimate of drug-likeness (QED) is 0.424. The van der Waals surface area contributed by atoms with Crippen molar-refractivity contribution >= 4 is 23.4 Å². The van der Waals surface area contributed by atoms with Gasteiger partial charge in [-0.3, -0.25) is 9.36 Å². The van der Waals surface area contributed by atoms with Gasteiger partial charge in [-0.05, 0) is 63.5 Å². The Labute approximate surface area is 188 Å². The zero-order valence-electron chi connectivity index (χ0n) is 18.6. The molecule has 1 aromatic heterocycles.